The number of methoxy groups -OCH3 is 1. The summed E-state index contributed by atoms with van der Waals surface area (Å²) in [6.07, 6.45) is 1.78. The average molecular weight is 528 g/mol. The zero-order valence-electron chi connectivity index (χ0n) is 22.4. The Labute approximate surface area is 218 Å². The molecule has 0 saturated heterocycles. The maximum Gasteiger partial charge on any atom is 0.425 e. The van der Waals surface area contributed by atoms with Crippen molar-refractivity contribution in [3.63, 3.8) is 0 Å². The minimum atomic E-state index is -1.17. The second-order valence-electron chi connectivity index (χ2n) is 10.1. The van der Waals surface area contributed by atoms with Gasteiger partial charge in [-0.2, -0.15) is 4.90 Å². The molecule has 13 heteroatoms. The summed E-state index contributed by atoms with van der Waals surface area (Å²) in [5.74, 6) is -1.57. The summed E-state index contributed by atoms with van der Waals surface area (Å²) in [4.78, 5) is 64.9. The van der Waals surface area contributed by atoms with E-state index in [2.05, 4.69) is 15.0 Å². The number of aromatic nitrogens is 4. The predicted octanol–water partition coefficient (Wildman–Crippen LogP) is 3.96. The number of amides is 2. The van der Waals surface area contributed by atoms with Crippen molar-refractivity contribution >= 4 is 24.0 Å². The number of pyridine rings is 1. The lowest BCUT2D eigenvalue weighted by Crippen LogP contribution is -2.45. The van der Waals surface area contributed by atoms with Gasteiger partial charge in [0.15, 0.2) is 17.2 Å². The molecule has 0 aliphatic carbocycles. The largest absolute Gasteiger partial charge is 0.464 e. The molecular formula is C25H29N5O8. The van der Waals surface area contributed by atoms with Gasteiger partial charge in [0.25, 0.3) is 0 Å². The van der Waals surface area contributed by atoms with Gasteiger partial charge in [0.1, 0.15) is 23.2 Å². The van der Waals surface area contributed by atoms with Crippen LogP contribution in [0.4, 0.5) is 15.4 Å². The first-order valence-corrected chi connectivity index (χ1v) is 11.4. The molecule has 3 rings (SSSR count). The normalized spacial score (nSPS) is 11.6. The van der Waals surface area contributed by atoms with Crippen molar-refractivity contribution in [1.29, 1.82) is 0 Å². The summed E-state index contributed by atoms with van der Waals surface area (Å²) in [5, 5.41) is 0. The monoisotopic (exact) mass is 527 g/mol. The van der Waals surface area contributed by atoms with E-state index in [1.807, 2.05) is 0 Å². The molecule has 0 saturated carbocycles. The molecule has 2 amide bonds. The Morgan fingerprint density at radius 3 is 2.03 bits per heavy atom. The number of oxazole rings is 1. The summed E-state index contributed by atoms with van der Waals surface area (Å²) in [5.41, 5.74) is -2.42. The van der Waals surface area contributed by atoms with E-state index in [0.29, 0.717) is 10.5 Å². The van der Waals surface area contributed by atoms with E-state index in [1.165, 1.54) is 42.4 Å². The number of anilines is 1. The molecule has 3 heterocycles. The molecule has 0 radical (unpaired) electrons. The third-order valence-corrected chi connectivity index (χ3v) is 4.61. The van der Waals surface area contributed by atoms with Crippen LogP contribution in [-0.2, 0) is 21.3 Å². The van der Waals surface area contributed by atoms with Gasteiger partial charge in [-0.05, 0) is 47.6 Å². The van der Waals surface area contributed by atoms with E-state index >= 15 is 0 Å². The quantitative estimate of drug-likeness (QED) is 0.357. The molecule has 202 valence electrons. The van der Waals surface area contributed by atoms with Crippen LogP contribution in [0.3, 0.4) is 0 Å². The number of carbonyl (C=O) groups excluding carboxylic acids is 3. The number of nitrogens with zero attached hydrogens (tertiary/aromatic N) is 5. The molecule has 38 heavy (non-hydrogen) atoms. The number of esters is 1. The maximum absolute atomic E-state index is 13.3. The molecular weight excluding hydrogens is 498 g/mol. The molecule has 0 fully saturated rings. The topological polar surface area (TPSA) is 156 Å². The Kier molecular flexibility index (Phi) is 7.70. The summed E-state index contributed by atoms with van der Waals surface area (Å²) >= 11 is 0. The van der Waals surface area contributed by atoms with Crippen molar-refractivity contribution < 1.29 is 33.0 Å². The van der Waals surface area contributed by atoms with E-state index in [9.17, 15) is 19.2 Å². The summed E-state index contributed by atoms with van der Waals surface area (Å²) in [6.45, 7) is 9.62. The number of rotatable bonds is 4. The number of aryl methyl sites for hydroxylation is 1. The summed E-state index contributed by atoms with van der Waals surface area (Å²) < 4.78 is 22.5. The number of hydrogen-bond donors (Lipinski definition) is 0. The fourth-order valence-electron chi connectivity index (χ4n) is 3.10. The van der Waals surface area contributed by atoms with Crippen molar-refractivity contribution in [3.05, 3.63) is 46.8 Å². The molecule has 0 unspecified atom stereocenters. The van der Waals surface area contributed by atoms with Crippen molar-refractivity contribution in [1.82, 2.24) is 19.5 Å². The molecule has 0 atom stereocenters. The molecule has 3 aromatic heterocycles. The van der Waals surface area contributed by atoms with E-state index in [-0.39, 0.29) is 22.8 Å². The Hall–Kier alpha value is -4.55. The van der Waals surface area contributed by atoms with Gasteiger partial charge in [-0.1, -0.05) is 0 Å². The highest BCUT2D eigenvalue weighted by atomic mass is 16.6. The zero-order valence-corrected chi connectivity index (χ0v) is 22.4. The van der Waals surface area contributed by atoms with E-state index in [4.69, 9.17) is 18.6 Å². The number of imide groups is 1. The highest BCUT2D eigenvalue weighted by molar-refractivity contribution is 6.12. The standard InChI is InChI=1S/C25H29N5O8/c1-24(2,3)37-22(33)30(23(34)38-25(4,5)6)19-18(21(32)35-8)27-16(14-9-10-15(31)29(7)13-14)17(28-19)20-26-11-12-36-20/h9-13H,1-8H3. The van der Waals surface area contributed by atoms with Crippen molar-refractivity contribution in [2.24, 2.45) is 7.05 Å². The van der Waals surface area contributed by atoms with Gasteiger partial charge in [-0.3, -0.25) is 4.79 Å². The number of hydrogen-bond acceptors (Lipinski definition) is 11. The molecule has 0 aromatic carbocycles. The Bertz CT molecular complexity index is 1390. The predicted molar refractivity (Wildman–Crippen MR) is 134 cm³/mol. The number of carbonyl (C=O) groups is 3. The van der Waals surface area contributed by atoms with Crippen LogP contribution in [0, 0.1) is 0 Å². The van der Waals surface area contributed by atoms with E-state index in [1.54, 1.807) is 41.5 Å². The Morgan fingerprint density at radius 1 is 0.947 bits per heavy atom. The van der Waals surface area contributed by atoms with Crippen LogP contribution in [-0.4, -0.2) is 56.0 Å². The molecule has 0 N–H and O–H groups in total. The van der Waals surface area contributed by atoms with Gasteiger partial charge in [0, 0.05) is 24.9 Å². The van der Waals surface area contributed by atoms with Crippen LogP contribution in [0.5, 0.6) is 0 Å². The molecule has 0 bridgehead atoms. The van der Waals surface area contributed by atoms with E-state index < -0.39 is 40.9 Å². The first kappa shape index (κ1) is 28.0. The van der Waals surface area contributed by atoms with Crippen LogP contribution in [0.2, 0.25) is 0 Å². The average Bonchev–Trinajstić information content (AvgIpc) is 3.32. The van der Waals surface area contributed by atoms with Crippen LogP contribution >= 0.6 is 0 Å². The van der Waals surface area contributed by atoms with Crippen LogP contribution < -0.4 is 10.5 Å². The number of ether oxygens (including phenoxy) is 3. The molecule has 13 nitrogen and oxygen atoms in total. The third kappa shape index (κ3) is 6.41. The van der Waals surface area contributed by atoms with Gasteiger partial charge < -0.3 is 23.2 Å². The van der Waals surface area contributed by atoms with Gasteiger partial charge in [0.2, 0.25) is 11.4 Å². The second kappa shape index (κ2) is 10.4. The van der Waals surface area contributed by atoms with Crippen LogP contribution in [0.25, 0.3) is 22.8 Å². The lowest BCUT2D eigenvalue weighted by Gasteiger charge is -2.28. The van der Waals surface area contributed by atoms with E-state index in [0.717, 1.165) is 7.11 Å². The minimum Gasteiger partial charge on any atom is -0.464 e. The van der Waals surface area contributed by atoms with Gasteiger partial charge in [0.05, 0.1) is 13.3 Å². The lowest BCUT2D eigenvalue weighted by atomic mass is 10.1. The van der Waals surface area contributed by atoms with Crippen molar-refractivity contribution in [2.45, 2.75) is 52.7 Å². The van der Waals surface area contributed by atoms with Crippen LogP contribution in [0.15, 0.2) is 40.0 Å². The maximum atomic E-state index is 13.3. The van der Waals surface area contributed by atoms with Gasteiger partial charge in [-0.25, -0.2) is 29.3 Å². The Balaban J connectivity index is 2.38. The van der Waals surface area contributed by atoms with Crippen molar-refractivity contribution in [2.75, 3.05) is 12.0 Å². The zero-order chi connectivity index (χ0) is 28.4. The first-order chi connectivity index (χ1) is 17.6. The summed E-state index contributed by atoms with van der Waals surface area (Å²) in [6, 6.07) is 2.77. The van der Waals surface area contributed by atoms with Crippen LogP contribution in [0.1, 0.15) is 52.0 Å². The smallest absolute Gasteiger partial charge is 0.425 e. The highest BCUT2D eigenvalue weighted by Crippen LogP contribution is 2.33. The van der Waals surface area contributed by atoms with Gasteiger partial charge in [-0.15, -0.1) is 0 Å². The molecule has 0 spiro atoms. The molecule has 3 aromatic rings. The minimum absolute atomic E-state index is 0.0339. The molecule has 0 aliphatic rings. The lowest BCUT2D eigenvalue weighted by molar-refractivity contribution is 0.0428. The fraction of sp³-hybridized carbons (Fsp3) is 0.400. The third-order valence-electron chi connectivity index (χ3n) is 4.61. The first-order valence-electron chi connectivity index (χ1n) is 11.4. The Morgan fingerprint density at radius 2 is 1.55 bits per heavy atom. The highest BCUT2D eigenvalue weighted by Gasteiger charge is 2.38. The van der Waals surface area contributed by atoms with Gasteiger partial charge >= 0.3 is 18.2 Å². The fourth-order valence-corrected chi connectivity index (χ4v) is 3.10. The van der Waals surface area contributed by atoms with Crippen molar-refractivity contribution in [3.8, 4) is 22.8 Å². The summed E-state index contributed by atoms with van der Waals surface area (Å²) in [7, 11) is 2.64. The second-order valence-corrected chi connectivity index (χ2v) is 10.1. The SMILES string of the molecule is COC(=O)c1nc(-c2ccc(=O)n(C)c2)c(-c2ncco2)nc1N(C(=O)OC(C)(C)C)C(=O)OC(C)(C)C. The molecule has 0 aliphatic heterocycles.